The van der Waals surface area contributed by atoms with Crippen molar-refractivity contribution >= 4 is 17.1 Å². The van der Waals surface area contributed by atoms with Gasteiger partial charge in [-0.1, -0.05) is 0 Å². The Morgan fingerprint density at radius 3 is 2.65 bits per heavy atom. The number of nitrogens with one attached hydrogen (secondary N) is 1. The van der Waals surface area contributed by atoms with Crippen molar-refractivity contribution in [3.05, 3.63) is 46.5 Å². The maximum atomic E-state index is 13.1. The van der Waals surface area contributed by atoms with Crippen LogP contribution in [0.25, 0.3) is 0 Å². The molecule has 0 spiro atoms. The SMILES string of the molecule is CC(C)(C)n1cc(Nc2ccc(F)cc2[N+](=O)[O-])cn1. The first kappa shape index (κ1) is 14.0. The van der Waals surface area contributed by atoms with Crippen molar-refractivity contribution in [2.24, 2.45) is 0 Å². The van der Waals surface area contributed by atoms with Crippen molar-refractivity contribution in [2.75, 3.05) is 5.32 Å². The molecule has 1 aromatic carbocycles. The van der Waals surface area contributed by atoms with Gasteiger partial charge in [0.25, 0.3) is 5.69 Å². The molecular formula is C13H15FN4O2. The van der Waals surface area contributed by atoms with Crippen LogP contribution in [0, 0.1) is 15.9 Å². The van der Waals surface area contributed by atoms with Crippen LogP contribution in [0.15, 0.2) is 30.6 Å². The summed E-state index contributed by atoms with van der Waals surface area (Å²) in [6, 6.07) is 3.39. The lowest BCUT2D eigenvalue weighted by molar-refractivity contribution is -0.384. The highest BCUT2D eigenvalue weighted by molar-refractivity contribution is 5.68. The zero-order valence-electron chi connectivity index (χ0n) is 11.4. The highest BCUT2D eigenvalue weighted by atomic mass is 19.1. The number of nitro benzene ring substituents is 1. The number of halogens is 1. The Labute approximate surface area is 115 Å². The number of benzene rings is 1. The van der Waals surface area contributed by atoms with Crippen molar-refractivity contribution < 1.29 is 9.31 Å². The van der Waals surface area contributed by atoms with Gasteiger partial charge in [-0.25, -0.2) is 4.39 Å². The van der Waals surface area contributed by atoms with Crippen molar-refractivity contribution in [3.63, 3.8) is 0 Å². The molecule has 106 valence electrons. The van der Waals surface area contributed by atoms with Gasteiger partial charge in [0.1, 0.15) is 11.5 Å². The van der Waals surface area contributed by atoms with E-state index < -0.39 is 10.7 Å². The largest absolute Gasteiger partial charge is 0.347 e. The Hall–Kier alpha value is -2.44. The average Bonchev–Trinajstić information content (AvgIpc) is 2.79. The van der Waals surface area contributed by atoms with Crippen LogP contribution in [-0.4, -0.2) is 14.7 Å². The van der Waals surface area contributed by atoms with Crippen molar-refractivity contribution in [2.45, 2.75) is 26.3 Å². The molecular weight excluding hydrogens is 263 g/mol. The molecule has 1 N–H and O–H groups in total. The lowest BCUT2D eigenvalue weighted by atomic mass is 10.1. The van der Waals surface area contributed by atoms with E-state index in [1.54, 1.807) is 17.1 Å². The molecule has 6 nitrogen and oxygen atoms in total. The standard InChI is InChI=1S/C13H15FN4O2/c1-13(2,3)17-8-10(7-15-17)16-11-5-4-9(14)6-12(11)18(19)20/h4-8,16H,1-3H3. The second-order valence-electron chi connectivity index (χ2n) is 5.39. The van der Waals surface area contributed by atoms with Crippen LogP contribution in [0.3, 0.4) is 0 Å². The van der Waals surface area contributed by atoms with Gasteiger partial charge < -0.3 is 5.32 Å². The number of hydrogen-bond donors (Lipinski definition) is 1. The number of nitro groups is 1. The molecule has 1 heterocycles. The van der Waals surface area contributed by atoms with Gasteiger partial charge in [-0.2, -0.15) is 5.10 Å². The minimum atomic E-state index is -0.646. The Bertz CT molecular complexity index is 646. The third kappa shape index (κ3) is 2.93. The molecule has 0 radical (unpaired) electrons. The predicted octanol–water partition coefficient (Wildman–Crippen LogP) is 3.43. The molecule has 0 amide bonds. The minimum absolute atomic E-state index is 0.186. The molecule has 0 aliphatic rings. The molecule has 0 unspecified atom stereocenters. The molecule has 0 aliphatic heterocycles. The highest BCUT2D eigenvalue weighted by Crippen LogP contribution is 2.28. The molecule has 1 aromatic heterocycles. The van der Waals surface area contributed by atoms with Crippen LogP contribution in [0.2, 0.25) is 0 Å². The van der Waals surface area contributed by atoms with Crippen molar-refractivity contribution in [3.8, 4) is 0 Å². The maximum absolute atomic E-state index is 13.1. The summed E-state index contributed by atoms with van der Waals surface area (Å²) >= 11 is 0. The average molecular weight is 278 g/mol. The topological polar surface area (TPSA) is 73.0 Å². The van der Waals surface area contributed by atoms with E-state index in [-0.39, 0.29) is 16.9 Å². The summed E-state index contributed by atoms with van der Waals surface area (Å²) < 4.78 is 14.8. The monoisotopic (exact) mass is 278 g/mol. The fourth-order valence-corrected chi connectivity index (χ4v) is 1.67. The molecule has 7 heteroatoms. The Kier molecular flexibility index (Phi) is 3.44. The van der Waals surface area contributed by atoms with Crippen LogP contribution in [-0.2, 0) is 5.54 Å². The molecule has 2 rings (SSSR count). The van der Waals surface area contributed by atoms with Gasteiger partial charge in [-0.05, 0) is 32.9 Å². The first-order valence-corrected chi connectivity index (χ1v) is 6.03. The molecule has 20 heavy (non-hydrogen) atoms. The molecule has 0 fully saturated rings. The molecule has 2 aromatic rings. The fourth-order valence-electron chi connectivity index (χ4n) is 1.67. The predicted molar refractivity (Wildman–Crippen MR) is 73.6 cm³/mol. The lowest BCUT2D eigenvalue weighted by Crippen LogP contribution is -2.21. The second kappa shape index (κ2) is 4.92. The summed E-state index contributed by atoms with van der Waals surface area (Å²) in [5.41, 5.74) is 0.335. The lowest BCUT2D eigenvalue weighted by Gasteiger charge is -2.18. The van der Waals surface area contributed by atoms with E-state index in [4.69, 9.17) is 0 Å². The number of nitrogens with zero attached hydrogens (tertiary/aromatic N) is 3. The summed E-state index contributed by atoms with van der Waals surface area (Å²) in [4.78, 5) is 10.3. The van der Waals surface area contributed by atoms with Crippen LogP contribution in [0.1, 0.15) is 20.8 Å². The molecule has 0 aliphatic carbocycles. The van der Waals surface area contributed by atoms with Gasteiger partial charge in [-0.15, -0.1) is 0 Å². The van der Waals surface area contributed by atoms with E-state index in [0.717, 1.165) is 6.07 Å². The van der Waals surface area contributed by atoms with E-state index in [1.165, 1.54) is 12.1 Å². The quantitative estimate of drug-likeness (QED) is 0.689. The van der Waals surface area contributed by atoms with E-state index in [2.05, 4.69) is 10.4 Å². The molecule has 0 saturated heterocycles. The third-order valence-electron chi connectivity index (χ3n) is 2.71. The zero-order chi connectivity index (χ0) is 14.9. The number of anilines is 2. The van der Waals surface area contributed by atoms with Crippen molar-refractivity contribution in [1.82, 2.24) is 9.78 Å². The number of rotatable bonds is 3. The van der Waals surface area contributed by atoms with E-state index in [9.17, 15) is 14.5 Å². The summed E-state index contributed by atoms with van der Waals surface area (Å²) in [6.45, 7) is 5.97. The van der Waals surface area contributed by atoms with Crippen molar-refractivity contribution in [1.29, 1.82) is 0 Å². The summed E-state index contributed by atoms with van der Waals surface area (Å²) in [6.07, 6.45) is 3.31. The number of aromatic nitrogens is 2. The van der Waals surface area contributed by atoms with Crippen LogP contribution in [0.4, 0.5) is 21.5 Å². The molecule has 0 saturated carbocycles. The van der Waals surface area contributed by atoms with Crippen LogP contribution in [0.5, 0.6) is 0 Å². The third-order valence-corrected chi connectivity index (χ3v) is 2.71. The highest BCUT2D eigenvalue weighted by Gasteiger charge is 2.17. The van der Waals surface area contributed by atoms with Gasteiger partial charge in [0.15, 0.2) is 0 Å². The summed E-state index contributed by atoms with van der Waals surface area (Å²) in [7, 11) is 0. The fraction of sp³-hybridized carbons (Fsp3) is 0.308. The molecule has 0 atom stereocenters. The van der Waals surface area contributed by atoms with E-state index >= 15 is 0 Å². The summed E-state index contributed by atoms with van der Waals surface area (Å²) in [5.74, 6) is -0.646. The minimum Gasteiger partial charge on any atom is -0.347 e. The molecule has 0 bridgehead atoms. The maximum Gasteiger partial charge on any atom is 0.295 e. The van der Waals surface area contributed by atoms with Crippen LogP contribution < -0.4 is 5.32 Å². The number of hydrogen-bond acceptors (Lipinski definition) is 4. The summed E-state index contributed by atoms with van der Waals surface area (Å²) in [5, 5.41) is 18.0. The van der Waals surface area contributed by atoms with Gasteiger partial charge >= 0.3 is 0 Å². The van der Waals surface area contributed by atoms with Gasteiger partial charge in [0.2, 0.25) is 0 Å². The Balaban J connectivity index is 2.31. The second-order valence-corrected chi connectivity index (χ2v) is 5.39. The zero-order valence-corrected chi connectivity index (χ0v) is 11.4. The van der Waals surface area contributed by atoms with Gasteiger partial charge in [0, 0.05) is 6.20 Å². The van der Waals surface area contributed by atoms with Crippen LogP contribution >= 0.6 is 0 Å². The Morgan fingerprint density at radius 2 is 2.10 bits per heavy atom. The van der Waals surface area contributed by atoms with Gasteiger partial charge in [0.05, 0.1) is 28.4 Å². The first-order chi connectivity index (χ1) is 9.27. The first-order valence-electron chi connectivity index (χ1n) is 6.03. The van der Waals surface area contributed by atoms with E-state index in [1.807, 2.05) is 20.8 Å². The Morgan fingerprint density at radius 1 is 1.40 bits per heavy atom. The normalized spacial score (nSPS) is 11.4. The van der Waals surface area contributed by atoms with E-state index in [0.29, 0.717) is 5.69 Å². The van der Waals surface area contributed by atoms with Gasteiger partial charge in [-0.3, -0.25) is 14.8 Å². The smallest absolute Gasteiger partial charge is 0.295 e.